The van der Waals surface area contributed by atoms with Crippen LogP contribution in [-0.4, -0.2) is 29.5 Å². The van der Waals surface area contributed by atoms with Crippen LogP contribution in [0.25, 0.3) is 0 Å². The highest BCUT2D eigenvalue weighted by Crippen LogP contribution is 1.74. The van der Waals surface area contributed by atoms with Crippen LogP contribution in [0.5, 0.6) is 0 Å². The molecule has 54 valence electrons. The largest absolute Gasteiger partial charge is 0.403 e. The fourth-order valence-corrected chi connectivity index (χ4v) is 0.337. The van der Waals surface area contributed by atoms with E-state index in [1.807, 2.05) is 0 Å². The highest BCUT2D eigenvalue weighted by atomic mass is 16.3. The molecule has 4 nitrogen and oxygen atoms in total. The lowest BCUT2D eigenvalue weighted by Gasteiger charge is -2.04. The van der Waals surface area contributed by atoms with Gasteiger partial charge in [-0.3, -0.25) is 0 Å². The van der Waals surface area contributed by atoms with E-state index in [4.69, 9.17) is 15.9 Å². The van der Waals surface area contributed by atoms with Gasteiger partial charge in [0.05, 0.1) is 12.7 Å². The zero-order valence-corrected chi connectivity index (χ0v) is 5.12. The van der Waals surface area contributed by atoms with E-state index in [9.17, 15) is 0 Å². The molecule has 9 heavy (non-hydrogen) atoms. The van der Waals surface area contributed by atoms with Crippen molar-refractivity contribution in [1.82, 2.24) is 5.32 Å². The SMILES string of the molecule is NC=CNCC(O)CO. The molecule has 0 radical (unpaired) electrons. The van der Waals surface area contributed by atoms with Gasteiger partial charge in [0.25, 0.3) is 0 Å². The van der Waals surface area contributed by atoms with Gasteiger partial charge in [-0.05, 0) is 0 Å². The summed E-state index contributed by atoms with van der Waals surface area (Å²) in [4.78, 5) is 0. The van der Waals surface area contributed by atoms with Crippen molar-refractivity contribution in [2.24, 2.45) is 5.73 Å². The third kappa shape index (κ3) is 5.13. The third-order valence-electron chi connectivity index (χ3n) is 0.778. The molecule has 0 aromatic carbocycles. The monoisotopic (exact) mass is 132 g/mol. The molecule has 0 saturated carbocycles. The zero-order chi connectivity index (χ0) is 7.11. The first kappa shape index (κ1) is 8.26. The normalized spacial score (nSPS) is 14.0. The van der Waals surface area contributed by atoms with E-state index in [-0.39, 0.29) is 6.61 Å². The molecule has 0 aromatic heterocycles. The Kier molecular flexibility index (Phi) is 4.95. The average molecular weight is 132 g/mol. The maximum Gasteiger partial charge on any atom is 0.0942 e. The van der Waals surface area contributed by atoms with Gasteiger partial charge in [0.1, 0.15) is 0 Å². The molecule has 0 fully saturated rings. The number of aliphatic hydroxyl groups excluding tert-OH is 2. The van der Waals surface area contributed by atoms with Gasteiger partial charge in [-0.2, -0.15) is 0 Å². The van der Waals surface area contributed by atoms with E-state index < -0.39 is 6.10 Å². The lowest BCUT2D eigenvalue weighted by atomic mass is 10.4. The molecule has 0 aliphatic heterocycles. The maximum atomic E-state index is 8.70. The summed E-state index contributed by atoms with van der Waals surface area (Å²) in [6.45, 7) is 0.0929. The molecule has 0 aliphatic carbocycles. The van der Waals surface area contributed by atoms with Gasteiger partial charge in [0.15, 0.2) is 0 Å². The Morgan fingerprint density at radius 1 is 1.67 bits per heavy atom. The third-order valence-corrected chi connectivity index (χ3v) is 0.778. The summed E-state index contributed by atoms with van der Waals surface area (Å²) in [5, 5.41) is 19.7. The summed E-state index contributed by atoms with van der Waals surface area (Å²) >= 11 is 0. The second-order valence-electron chi connectivity index (χ2n) is 1.60. The summed E-state index contributed by atoms with van der Waals surface area (Å²) in [7, 11) is 0. The van der Waals surface area contributed by atoms with Crippen molar-refractivity contribution >= 4 is 0 Å². The van der Waals surface area contributed by atoms with E-state index in [1.165, 1.54) is 12.4 Å². The summed E-state index contributed by atoms with van der Waals surface area (Å²) in [6.07, 6.45) is 2.12. The molecule has 0 bridgehead atoms. The summed E-state index contributed by atoms with van der Waals surface area (Å²) in [5.74, 6) is 0. The quantitative estimate of drug-likeness (QED) is 0.370. The van der Waals surface area contributed by atoms with Crippen molar-refractivity contribution in [3.05, 3.63) is 12.4 Å². The molecule has 1 unspecified atom stereocenters. The molecule has 0 saturated heterocycles. The van der Waals surface area contributed by atoms with Crippen LogP contribution in [-0.2, 0) is 0 Å². The Hall–Kier alpha value is -0.740. The van der Waals surface area contributed by atoms with Gasteiger partial charge in [-0.25, -0.2) is 0 Å². The topological polar surface area (TPSA) is 78.5 Å². The molecule has 1 atom stereocenters. The fraction of sp³-hybridized carbons (Fsp3) is 0.600. The highest BCUT2D eigenvalue weighted by molar-refractivity contribution is 4.73. The van der Waals surface area contributed by atoms with Crippen LogP contribution in [0.2, 0.25) is 0 Å². The Bertz CT molecular complexity index is 85.0. The fourth-order valence-electron chi connectivity index (χ4n) is 0.337. The molecular formula is C5H12N2O2. The smallest absolute Gasteiger partial charge is 0.0942 e. The number of hydrogen-bond acceptors (Lipinski definition) is 4. The van der Waals surface area contributed by atoms with Gasteiger partial charge in [0, 0.05) is 18.9 Å². The van der Waals surface area contributed by atoms with Crippen LogP contribution in [0.3, 0.4) is 0 Å². The predicted molar refractivity (Wildman–Crippen MR) is 34.4 cm³/mol. The van der Waals surface area contributed by atoms with Gasteiger partial charge in [-0.15, -0.1) is 0 Å². The Morgan fingerprint density at radius 3 is 2.78 bits per heavy atom. The highest BCUT2D eigenvalue weighted by Gasteiger charge is 1.96. The Labute approximate surface area is 54.0 Å². The van der Waals surface area contributed by atoms with Crippen LogP contribution in [0.4, 0.5) is 0 Å². The van der Waals surface area contributed by atoms with Crippen LogP contribution < -0.4 is 11.1 Å². The minimum Gasteiger partial charge on any atom is -0.403 e. The minimum absolute atomic E-state index is 0.231. The average Bonchev–Trinajstić information content (AvgIpc) is 1.89. The second-order valence-corrected chi connectivity index (χ2v) is 1.60. The van der Waals surface area contributed by atoms with Crippen molar-refractivity contribution < 1.29 is 10.2 Å². The number of hydrogen-bond donors (Lipinski definition) is 4. The number of nitrogens with two attached hydrogens (primary N) is 1. The second kappa shape index (κ2) is 5.40. The molecule has 0 heterocycles. The molecule has 4 heteroatoms. The van der Waals surface area contributed by atoms with Crippen molar-refractivity contribution in [3.8, 4) is 0 Å². The summed E-state index contributed by atoms with van der Waals surface area (Å²) in [5.41, 5.74) is 4.97. The summed E-state index contributed by atoms with van der Waals surface area (Å²) < 4.78 is 0. The number of aliphatic hydroxyl groups is 2. The lowest BCUT2D eigenvalue weighted by Crippen LogP contribution is -2.25. The molecular weight excluding hydrogens is 120 g/mol. The van der Waals surface area contributed by atoms with Gasteiger partial charge < -0.3 is 21.3 Å². The zero-order valence-electron chi connectivity index (χ0n) is 5.12. The first-order valence-electron chi connectivity index (χ1n) is 2.70. The van der Waals surface area contributed by atoms with Gasteiger partial charge >= 0.3 is 0 Å². The standard InChI is InChI=1S/C5H12N2O2/c6-1-2-7-3-5(9)4-8/h1-2,5,7-9H,3-4,6H2. The molecule has 0 amide bonds. The first-order chi connectivity index (χ1) is 4.31. The van der Waals surface area contributed by atoms with Crippen LogP contribution >= 0.6 is 0 Å². The van der Waals surface area contributed by atoms with E-state index in [0.29, 0.717) is 6.54 Å². The number of rotatable bonds is 4. The number of nitrogens with one attached hydrogen (secondary N) is 1. The van der Waals surface area contributed by atoms with E-state index in [0.717, 1.165) is 0 Å². The van der Waals surface area contributed by atoms with E-state index in [2.05, 4.69) is 5.32 Å². The first-order valence-corrected chi connectivity index (χ1v) is 2.70. The van der Waals surface area contributed by atoms with E-state index >= 15 is 0 Å². The molecule has 0 aliphatic rings. The molecule has 0 spiro atoms. The summed E-state index contributed by atoms with van der Waals surface area (Å²) in [6, 6.07) is 0. The van der Waals surface area contributed by atoms with E-state index in [1.54, 1.807) is 0 Å². The van der Waals surface area contributed by atoms with Crippen LogP contribution in [0.1, 0.15) is 0 Å². The Morgan fingerprint density at radius 2 is 2.33 bits per heavy atom. The maximum absolute atomic E-state index is 8.70. The van der Waals surface area contributed by atoms with Crippen molar-refractivity contribution in [2.45, 2.75) is 6.10 Å². The van der Waals surface area contributed by atoms with Gasteiger partial charge in [-0.1, -0.05) is 0 Å². The minimum atomic E-state index is -0.707. The molecule has 0 rings (SSSR count). The lowest BCUT2D eigenvalue weighted by molar-refractivity contribution is 0.0972. The van der Waals surface area contributed by atoms with Crippen molar-refractivity contribution in [2.75, 3.05) is 13.2 Å². The van der Waals surface area contributed by atoms with Crippen molar-refractivity contribution in [1.29, 1.82) is 0 Å². The Balaban J connectivity index is 3.06. The van der Waals surface area contributed by atoms with Crippen LogP contribution in [0.15, 0.2) is 12.4 Å². The predicted octanol–water partition coefficient (Wildman–Crippen LogP) is -1.64. The molecule has 0 aromatic rings. The van der Waals surface area contributed by atoms with Crippen molar-refractivity contribution in [3.63, 3.8) is 0 Å². The molecule has 5 N–H and O–H groups in total. The van der Waals surface area contributed by atoms with Crippen LogP contribution in [0, 0.1) is 0 Å². The van der Waals surface area contributed by atoms with Gasteiger partial charge in [0.2, 0.25) is 0 Å².